The number of para-hydroxylation sites is 1. The van der Waals surface area contributed by atoms with Gasteiger partial charge in [-0.1, -0.05) is 36.4 Å². The molecule has 0 saturated heterocycles. The van der Waals surface area contributed by atoms with Crippen LogP contribution in [0.25, 0.3) is 42.1 Å². The molecule has 6 rings (SSSR count). The fourth-order valence-corrected chi connectivity index (χ4v) is 5.08. The van der Waals surface area contributed by atoms with Crippen LogP contribution in [0.15, 0.2) is 89.3 Å². The van der Waals surface area contributed by atoms with Crippen molar-refractivity contribution in [1.29, 1.82) is 0 Å². The molecule has 2 aromatic heterocycles. The minimum atomic E-state index is 0.924. The van der Waals surface area contributed by atoms with E-state index in [-0.39, 0.29) is 0 Å². The Hall–Kier alpha value is -3.30. The molecule has 3 heteroatoms. The third-order valence-corrected chi connectivity index (χ3v) is 6.65. The van der Waals surface area contributed by atoms with Crippen LogP contribution in [0.1, 0.15) is 0 Å². The highest BCUT2D eigenvalue weighted by Gasteiger charge is 2.12. The number of hydrogen-bond donors (Lipinski definition) is 0. The summed E-state index contributed by atoms with van der Waals surface area (Å²) in [5, 5.41) is 4.96. The standard InChI is InChI=1S/C25H17NOS/c1-26(16-11-13-25-21(14-16)20-7-3-5-9-24(20)28-25)17-10-12-19-18-6-2-4-8-22(18)27-23(19)15-17/h2-15H,1H3. The highest BCUT2D eigenvalue weighted by molar-refractivity contribution is 7.25. The van der Waals surface area contributed by atoms with E-state index < -0.39 is 0 Å². The fraction of sp³-hybridized carbons (Fsp3) is 0.0400. The molecular weight excluding hydrogens is 362 g/mol. The molecule has 4 aromatic carbocycles. The lowest BCUT2D eigenvalue weighted by Gasteiger charge is -2.19. The summed E-state index contributed by atoms with van der Waals surface area (Å²) >= 11 is 1.85. The van der Waals surface area contributed by atoms with Crippen molar-refractivity contribution in [2.45, 2.75) is 0 Å². The van der Waals surface area contributed by atoms with Crippen molar-refractivity contribution in [3.05, 3.63) is 84.9 Å². The zero-order valence-electron chi connectivity index (χ0n) is 15.3. The second-order valence-corrected chi connectivity index (χ2v) is 8.20. The minimum absolute atomic E-state index is 0.924. The van der Waals surface area contributed by atoms with Crippen LogP contribution in [0.4, 0.5) is 11.4 Å². The summed E-state index contributed by atoms with van der Waals surface area (Å²) in [6.45, 7) is 0. The lowest BCUT2D eigenvalue weighted by Crippen LogP contribution is -2.08. The molecule has 0 aliphatic rings. The van der Waals surface area contributed by atoms with Crippen LogP contribution in [0.2, 0.25) is 0 Å². The van der Waals surface area contributed by atoms with Gasteiger partial charge in [0.1, 0.15) is 11.2 Å². The molecule has 0 bridgehead atoms. The summed E-state index contributed by atoms with van der Waals surface area (Å²) in [4.78, 5) is 2.22. The second kappa shape index (κ2) is 5.85. The van der Waals surface area contributed by atoms with E-state index in [1.54, 1.807) is 0 Å². The quantitative estimate of drug-likeness (QED) is 0.306. The highest BCUT2D eigenvalue weighted by atomic mass is 32.1. The van der Waals surface area contributed by atoms with Gasteiger partial charge in [-0.25, -0.2) is 0 Å². The van der Waals surface area contributed by atoms with Crippen LogP contribution in [-0.4, -0.2) is 7.05 Å². The van der Waals surface area contributed by atoms with Crippen molar-refractivity contribution in [1.82, 2.24) is 0 Å². The average molecular weight is 379 g/mol. The van der Waals surface area contributed by atoms with E-state index in [0.717, 1.165) is 27.6 Å². The van der Waals surface area contributed by atoms with Gasteiger partial charge in [0, 0.05) is 55.4 Å². The van der Waals surface area contributed by atoms with Gasteiger partial charge >= 0.3 is 0 Å². The summed E-state index contributed by atoms with van der Waals surface area (Å²) in [6.07, 6.45) is 0. The molecule has 2 heterocycles. The van der Waals surface area contributed by atoms with Crippen LogP contribution in [0, 0.1) is 0 Å². The highest BCUT2D eigenvalue weighted by Crippen LogP contribution is 2.38. The summed E-state index contributed by atoms with van der Waals surface area (Å²) in [5.41, 5.74) is 4.15. The Labute approximate surface area is 166 Å². The summed E-state index contributed by atoms with van der Waals surface area (Å²) in [5.74, 6) is 0. The van der Waals surface area contributed by atoms with Gasteiger partial charge in [-0.2, -0.15) is 0 Å². The van der Waals surface area contributed by atoms with E-state index >= 15 is 0 Å². The van der Waals surface area contributed by atoms with E-state index in [4.69, 9.17) is 4.42 Å². The normalized spacial score (nSPS) is 11.8. The third kappa shape index (κ3) is 2.26. The summed E-state index contributed by atoms with van der Waals surface area (Å²) in [6, 6.07) is 30.0. The number of furan rings is 1. The Morgan fingerprint density at radius 2 is 1.29 bits per heavy atom. The Bertz CT molecular complexity index is 1490. The predicted molar refractivity (Wildman–Crippen MR) is 121 cm³/mol. The molecule has 0 radical (unpaired) electrons. The molecular formula is C25H17NOS. The molecule has 0 fully saturated rings. The monoisotopic (exact) mass is 379 g/mol. The topological polar surface area (TPSA) is 16.4 Å². The van der Waals surface area contributed by atoms with Gasteiger partial charge in [-0.15, -0.1) is 11.3 Å². The molecule has 6 aromatic rings. The molecule has 0 saturated carbocycles. The molecule has 2 nitrogen and oxygen atoms in total. The smallest absolute Gasteiger partial charge is 0.137 e. The number of anilines is 2. The predicted octanol–water partition coefficient (Wildman–Crippen LogP) is 7.72. The molecule has 0 unspecified atom stereocenters. The van der Waals surface area contributed by atoms with Gasteiger partial charge in [-0.05, 0) is 42.5 Å². The lowest BCUT2D eigenvalue weighted by atomic mass is 10.1. The molecule has 0 aliphatic carbocycles. The van der Waals surface area contributed by atoms with Gasteiger partial charge in [0.2, 0.25) is 0 Å². The maximum Gasteiger partial charge on any atom is 0.137 e. The maximum atomic E-state index is 6.07. The largest absolute Gasteiger partial charge is 0.456 e. The minimum Gasteiger partial charge on any atom is -0.456 e. The fourth-order valence-electron chi connectivity index (χ4n) is 3.99. The molecule has 0 amide bonds. The average Bonchev–Trinajstić information content (AvgIpc) is 3.30. The number of thiophene rings is 1. The van der Waals surface area contributed by atoms with Gasteiger partial charge in [0.15, 0.2) is 0 Å². The SMILES string of the molecule is CN(c1ccc2c(c1)oc1ccccc12)c1ccc2sc3ccccc3c2c1. The molecule has 0 aliphatic heterocycles. The van der Waals surface area contributed by atoms with Gasteiger partial charge < -0.3 is 9.32 Å². The molecule has 0 atom stereocenters. The van der Waals surface area contributed by atoms with Crippen LogP contribution in [0.5, 0.6) is 0 Å². The van der Waals surface area contributed by atoms with Crippen LogP contribution in [-0.2, 0) is 0 Å². The third-order valence-electron chi connectivity index (χ3n) is 5.50. The van der Waals surface area contributed by atoms with Crippen LogP contribution < -0.4 is 4.90 Å². The molecule has 0 spiro atoms. The van der Waals surface area contributed by atoms with Crippen molar-refractivity contribution < 1.29 is 4.42 Å². The maximum absolute atomic E-state index is 6.07. The van der Waals surface area contributed by atoms with Crippen LogP contribution in [0.3, 0.4) is 0 Å². The number of benzene rings is 4. The van der Waals surface area contributed by atoms with Gasteiger partial charge in [0.05, 0.1) is 0 Å². The van der Waals surface area contributed by atoms with Crippen molar-refractivity contribution in [2.75, 3.05) is 11.9 Å². The zero-order chi connectivity index (χ0) is 18.7. The molecule has 0 N–H and O–H groups in total. The number of nitrogens with zero attached hydrogens (tertiary/aromatic N) is 1. The van der Waals surface area contributed by atoms with Crippen molar-refractivity contribution in [3.63, 3.8) is 0 Å². The van der Waals surface area contributed by atoms with Crippen molar-refractivity contribution >= 4 is 64.8 Å². The van der Waals surface area contributed by atoms with Crippen molar-refractivity contribution in [2.24, 2.45) is 0 Å². The van der Waals surface area contributed by atoms with E-state index in [1.807, 2.05) is 23.5 Å². The Morgan fingerprint density at radius 3 is 2.21 bits per heavy atom. The van der Waals surface area contributed by atoms with Gasteiger partial charge in [-0.3, -0.25) is 0 Å². The van der Waals surface area contributed by atoms with Crippen molar-refractivity contribution in [3.8, 4) is 0 Å². The number of rotatable bonds is 2. The first-order valence-corrected chi connectivity index (χ1v) is 10.2. The van der Waals surface area contributed by atoms with E-state index in [9.17, 15) is 0 Å². The lowest BCUT2D eigenvalue weighted by molar-refractivity contribution is 0.669. The first-order valence-electron chi connectivity index (χ1n) is 9.34. The van der Waals surface area contributed by atoms with Gasteiger partial charge in [0.25, 0.3) is 0 Å². The van der Waals surface area contributed by atoms with E-state index in [0.29, 0.717) is 0 Å². The first-order chi connectivity index (χ1) is 13.8. The summed E-state index contributed by atoms with van der Waals surface area (Å²) in [7, 11) is 2.11. The van der Waals surface area contributed by atoms with Crippen LogP contribution >= 0.6 is 11.3 Å². The Balaban J connectivity index is 1.48. The summed E-state index contributed by atoms with van der Waals surface area (Å²) < 4.78 is 8.73. The Kier molecular flexibility index (Phi) is 3.28. The van der Waals surface area contributed by atoms with E-state index in [1.165, 1.54) is 25.9 Å². The zero-order valence-corrected chi connectivity index (χ0v) is 16.2. The first kappa shape index (κ1) is 15.7. The van der Waals surface area contributed by atoms with E-state index in [2.05, 4.69) is 84.7 Å². The molecule has 28 heavy (non-hydrogen) atoms. The Morgan fingerprint density at radius 1 is 0.607 bits per heavy atom. The number of hydrogen-bond acceptors (Lipinski definition) is 3. The molecule has 134 valence electrons. The second-order valence-electron chi connectivity index (χ2n) is 7.12. The number of fused-ring (bicyclic) bond motifs is 6.